The van der Waals surface area contributed by atoms with E-state index in [1.807, 2.05) is 36.4 Å². The van der Waals surface area contributed by atoms with Crippen molar-refractivity contribution in [1.29, 1.82) is 0 Å². The summed E-state index contributed by atoms with van der Waals surface area (Å²) in [5, 5.41) is 3.86. The van der Waals surface area contributed by atoms with E-state index in [-0.39, 0.29) is 17.1 Å². The molecule has 6 aromatic rings. The van der Waals surface area contributed by atoms with Gasteiger partial charge in [-0.05, 0) is 52.6 Å². The van der Waals surface area contributed by atoms with Crippen molar-refractivity contribution < 1.29 is 9.59 Å². The topological polar surface area (TPSA) is 47.0 Å². The number of hydrogen-bond acceptors (Lipinski definition) is 6. The average Bonchev–Trinajstić information content (AvgIpc) is 3.57. The van der Waals surface area contributed by atoms with Gasteiger partial charge in [-0.3, -0.25) is 9.59 Å². The molecule has 0 saturated carbocycles. The van der Waals surface area contributed by atoms with Gasteiger partial charge in [0.15, 0.2) is 11.6 Å². The molecule has 3 aromatic heterocycles. The van der Waals surface area contributed by atoms with Crippen LogP contribution in [0.15, 0.2) is 78.4 Å². The Morgan fingerprint density at radius 2 is 1.27 bits per heavy atom. The van der Waals surface area contributed by atoms with Crippen LogP contribution in [0.2, 0.25) is 0 Å². The molecule has 6 heteroatoms. The predicted octanol–water partition coefficient (Wildman–Crippen LogP) is 7.86. The number of aromatic nitrogens is 1. The van der Waals surface area contributed by atoms with Gasteiger partial charge >= 0.3 is 0 Å². The number of allylic oxidation sites excluding steroid dienone is 1. The van der Waals surface area contributed by atoms with Gasteiger partial charge in [0.2, 0.25) is 0 Å². The van der Waals surface area contributed by atoms with Gasteiger partial charge in [-0.25, -0.2) is 4.98 Å². The van der Waals surface area contributed by atoms with Crippen molar-refractivity contribution in [3.63, 3.8) is 0 Å². The quantitative estimate of drug-likeness (QED) is 0.188. The van der Waals surface area contributed by atoms with Crippen molar-refractivity contribution in [2.45, 2.75) is 0 Å². The van der Waals surface area contributed by atoms with Gasteiger partial charge < -0.3 is 0 Å². The van der Waals surface area contributed by atoms with Crippen LogP contribution in [0.3, 0.4) is 0 Å². The monoisotopic (exact) mass is 479 g/mol. The Balaban J connectivity index is 1.26. The fourth-order valence-corrected chi connectivity index (χ4v) is 7.60. The molecule has 3 aromatic carbocycles. The molecule has 7 rings (SSSR count). The zero-order valence-corrected chi connectivity index (χ0v) is 19.4. The minimum atomic E-state index is -0.217. The van der Waals surface area contributed by atoms with Crippen LogP contribution in [0.25, 0.3) is 46.2 Å². The van der Waals surface area contributed by atoms with Crippen molar-refractivity contribution in [2.75, 3.05) is 0 Å². The molecular weight excluding hydrogens is 467 g/mol. The predicted molar refractivity (Wildman–Crippen MR) is 139 cm³/mol. The Morgan fingerprint density at radius 1 is 0.636 bits per heavy atom. The van der Waals surface area contributed by atoms with Crippen LogP contribution in [0, 0.1) is 0 Å². The van der Waals surface area contributed by atoms with Gasteiger partial charge in [-0.2, -0.15) is 0 Å². The Morgan fingerprint density at radius 3 is 1.94 bits per heavy atom. The number of carbonyl (C=O) groups excluding carboxylic acids is 2. The number of ketones is 2. The lowest BCUT2D eigenvalue weighted by Crippen LogP contribution is -1.99. The van der Waals surface area contributed by atoms with E-state index < -0.39 is 0 Å². The summed E-state index contributed by atoms with van der Waals surface area (Å²) in [6, 6.07) is 24.2. The lowest BCUT2D eigenvalue weighted by molar-refractivity contribution is 0.0990. The number of rotatable bonds is 2. The second kappa shape index (κ2) is 7.02. The maximum absolute atomic E-state index is 13.0. The van der Waals surface area contributed by atoms with Crippen LogP contribution in [0.5, 0.6) is 0 Å². The summed E-state index contributed by atoms with van der Waals surface area (Å²) in [6.45, 7) is 0. The van der Waals surface area contributed by atoms with Gasteiger partial charge in [0.05, 0.1) is 10.3 Å². The Labute approximate surface area is 200 Å². The third kappa shape index (κ3) is 2.95. The van der Waals surface area contributed by atoms with Crippen molar-refractivity contribution in [1.82, 2.24) is 4.98 Å². The first-order valence-corrected chi connectivity index (χ1v) is 12.8. The van der Waals surface area contributed by atoms with Crippen molar-refractivity contribution >= 4 is 82.0 Å². The zero-order chi connectivity index (χ0) is 22.1. The maximum atomic E-state index is 13.0. The number of carbonyl (C=O) groups is 2. The van der Waals surface area contributed by atoms with Crippen LogP contribution in [0.4, 0.5) is 0 Å². The van der Waals surface area contributed by atoms with Gasteiger partial charge in [0.25, 0.3) is 0 Å². The third-order valence-electron chi connectivity index (χ3n) is 5.91. The molecule has 156 valence electrons. The highest BCUT2D eigenvalue weighted by Crippen LogP contribution is 2.42. The van der Waals surface area contributed by atoms with Crippen LogP contribution in [-0.2, 0) is 0 Å². The van der Waals surface area contributed by atoms with E-state index in [1.54, 1.807) is 28.7 Å². The number of thiazole rings is 1. The average molecular weight is 480 g/mol. The standard InChI is InChI=1S/C27H13NO2S3/c29-25-17-9-14-5-1-2-6-15(14)10-18(17)26(30)19(25)12-24-28-27-23(32-24)13-22(33-27)21-11-16-7-3-4-8-20(16)31-21/h1-13H. The number of thiophene rings is 2. The summed E-state index contributed by atoms with van der Waals surface area (Å²) in [5.74, 6) is -0.435. The number of nitrogens with zero attached hydrogens (tertiary/aromatic N) is 1. The Kier molecular flexibility index (Phi) is 4.06. The molecule has 0 amide bonds. The summed E-state index contributed by atoms with van der Waals surface area (Å²) in [4.78, 5) is 34.1. The minimum Gasteiger partial charge on any atom is -0.288 e. The molecule has 0 unspecified atom stereocenters. The smallest absolute Gasteiger partial charge is 0.197 e. The summed E-state index contributed by atoms with van der Waals surface area (Å²) in [5.41, 5.74) is 1.16. The summed E-state index contributed by atoms with van der Waals surface area (Å²) >= 11 is 4.94. The molecule has 0 aliphatic heterocycles. The fraction of sp³-hybridized carbons (Fsp3) is 0. The van der Waals surface area contributed by atoms with Crippen molar-refractivity contribution in [3.05, 3.63) is 94.5 Å². The van der Waals surface area contributed by atoms with E-state index in [1.165, 1.54) is 31.2 Å². The molecule has 3 heterocycles. The number of benzene rings is 3. The number of fused-ring (bicyclic) bond motifs is 4. The van der Waals surface area contributed by atoms with Crippen LogP contribution < -0.4 is 0 Å². The van der Waals surface area contributed by atoms with Crippen LogP contribution in [0.1, 0.15) is 25.7 Å². The molecule has 0 atom stereocenters. The molecule has 1 aliphatic rings. The molecule has 0 N–H and O–H groups in total. The van der Waals surface area contributed by atoms with Gasteiger partial charge in [-0.15, -0.1) is 34.0 Å². The highest BCUT2D eigenvalue weighted by atomic mass is 32.1. The van der Waals surface area contributed by atoms with E-state index in [9.17, 15) is 9.59 Å². The van der Waals surface area contributed by atoms with E-state index in [0.29, 0.717) is 16.1 Å². The first kappa shape index (κ1) is 19.1. The molecule has 0 fully saturated rings. The first-order chi connectivity index (χ1) is 16.1. The van der Waals surface area contributed by atoms with E-state index in [4.69, 9.17) is 4.98 Å². The molecular formula is C27H13NO2S3. The summed E-state index contributed by atoms with van der Waals surface area (Å²) in [6.07, 6.45) is 1.66. The van der Waals surface area contributed by atoms with Crippen molar-refractivity contribution in [2.24, 2.45) is 0 Å². The lowest BCUT2D eigenvalue weighted by atomic mass is 10.0. The van der Waals surface area contributed by atoms with Gasteiger partial charge in [0, 0.05) is 25.6 Å². The molecule has 0 bridgehead atoms. The Bertz CT molecular complexity index is 1690. The minimum absolute atomic E-state index is 0.200. The molecule has 33 heavy (non-hydrogen) atoms. The van der Waals surface area contributed by atoms with Crippen LogP contribution >= 0.6 is 34.0 Å². The Hall–Kier alpha value is -3.45. The number of Topliss-reactive ketones (excluding diaryl/α,β-unsaturated/α-hetero) is 2. The summed E-state index contributed by atoms with van der Waals surface area (Å²) in [7, 11) is 0. The normalized spacial score (nSPS) is 13.5. The third-order valence-corrected chi connectivity index (χ3v) is 9.33. The second-order valence-electron chi connectivity index (χ2n) is 7.94. The fourth-order valence-electron chi connectivity index (χ4n) is 4.30. The van der Waals surface area contributed by atoms with E-state index >= 15 is 0 Å². The highest BCUT2D eigenvalue weighted by Gasteiger charge is 2.33. The SMILES string of the molecule is O=C1C(=Cc2nc3sc(-c4cc5ccccc5s4)cc3s2)C(=O)c2cc3ccccc3cc21. The molecule has 3 nitrogen and oxygen atoms in total. The molecule has 0 radical (unpaired) electrons. The first-order valence-electron chi connectivity index (χ1n) is 10.4. The van der Waals surface area contributed by atoms with Crippen LogP contribution in [-0.4, -0.2) is 16.6 Å². The largest absolute Gasteiger partial charge is 0.288 e. The van der Waals surface area contributed by atoms with Gasteiger partial charge in [0.1, 0.15) is 9.84 Å². The zero-order valence-electron chi connectivity index (χ0n) is 17.0. The summed E-state index contributed by atoms with van der Waals surface area (Å²) < 4.78 is 2.34. The second-order valence-corrected chi connectivity index (χ2v) is 11.1. The van der Waals surface area contributed by atoms with E-state index in [0.717, 1.165) is 20.3 Å². The molecule has 1 aliphatic carbocycles. The van der Waals surface area contributed by atoms with E-state index in [2.05, 4.69) is 36.4 Å². The molecule has 0 spiro atoms. The highest BCUT2D eigenvalue weighted by molar-refractivity contribution is 7.31. The van der Waals surface area contributed by atoms with Gasteiger partial charge in [-0.1, -0.05) is 42.5 Å². The van der Waals surface area contributed by atoms with Crippen molar-refractivity contribution in [3.8, 4) is 9.75 Å². The lowest BCUT2D eigenvalue weighted by Gasteiger charge is -2.00. The maximum Gasteiger partial charge on any atom is 0.197 e. The molecule has 0 saturated heterocycles. The number of hydrogen-bond donors (Lipinski definition) is 0.